The summed E-state index contributed by atoms with van der Waals surface area (Å²) in [5, 5.41) is 7.22. The van der Waals surface area contributed by atoms with Crippen LogP contribution < -0.4 is 15.8 Å². The molecular formula is C18H20N6O3. The molecule has 0 aliphatic carbocycles. The van der Waals surface area contributed by atoms with E-state index in [0.717, 1.165) is 32.0 Å². The lowest BCUT2D eigenvalue weighted by molar-refractivity contribution is -0.116. The average Bonchev–Trinajstić information content (AvgIpc) is 3.07. The Morgan fingerprint density at radius 1 is 1.22 bits per heavy atom. The number of ether oxygens (including phenoxy) is 1. The highest BCUT2D eigenvalue weighted by molar-refractivity contribution is 5.90. The molecule has 1 saturated heterocycles. The maximum atomic E-state index is 12.4. The molecule has 0 unspecified atom stereocenters. The molecule has 0 bridgehead atoms. The molecule has 1 N–H and O–H groups in total. The van der Waals surface area contributed by atoms with Crippen molar-refractivity contribution in [2.45, 2.75) is 6.54 Å². The number of fused-ring (bicyclic) bond motifs is 1. The van der Waals surface area contributed by atoms with Gasteiger partial charge in [0, 0.05) is 31.5 Å². The molecule has 3 heterocycles. The maximum Gasteiger partial charge on any atom is 0.264 e. The van der Waals surface area contributed by atoms with E-state index in [1.165, 1.54) is 21.8 Å². The lowest BCUT2D eigenvalue weighted by Gasteiger charge is -2.28. The minimum atomic E-state index is -0.290. The van der Waals surface area contributed by atoms with Gasteiger partial charge in [0.1, 0.15) is 18.3 Å². The Morgan fingerprint density at radius 3 is 2.70 bits per heavy atom. The van der Waals surface area contributed by atoms with Gasteiger partial charge in [-0.1, -0.05) is 0 Å². The molecule has 3 aromatic rings. The monoisotopic (exact) mass is 368 g/mol. The smallest absolute Gasteiger partial charge is 0.264 e. The minimum absolute atomic E-state index is 0.109. The third kappa shape index (κ3) is 3.54. The molecule has 4 rings (SSSR count). The predicted octanol–water partition coefficient (Wildman–Crippen LogP) is 0.605. The average molecular weight is 368 g/mol. The first kappa shape index (κ1) is 17.2. The van der Waals surface area contributed by atoms with Crippen LogP contribution in [0, 0.1) is 0 Å². The fourth-order valence-electron chi connectivity index (χ4n) is 3.11. The third-order valence-electron chi connectivity index (χ3n) is 4.56. The van der Waals surface area contributed by atoms with Crippen LogP contribution in [0.3, 0.4) is 0 Å². The summed E-state index contributed by atoms with van der Waals surface area (Å²) in [5.74, 6) is -0.290. The highest BCUT2D eigenvalue weighted by atomic mass is 16.5. The number of rotatable bonds is 4. The van der Waals surface area contributed by atoms with Crippen LogP contribution in [0.15, 0.2) is 41.6 Å². The number of anilines is 2. The van der Waals surface area contributed by atoms with E-state index in [0.29, 0.717) is 16.7 Å². The molecule has 0 atom stereocenters. The van der Waals surface area contributed by atoms with Gasteiger partial charge in [-0.3, -0.25) is 18.8 Å². The Morgan fingerprint density at radius 2 is 1.96 bits per heavy atom. The molecule has 1 aliphatic rings. The van der Waals surface area contributed by atoms with Crippen molar-refractivity contribution in [3.63, 3.8) is 0 Å². The van der Waals surface area contributed by atoms with Crippen LogP contribution in [-0.2, 0) is 23.1 Å². The summed E-state index contributed by atoms with van der Waals surface area (Å²) < 4.78 is 8.16. The van der Waals surface area contributed by atoms with Crippen LogP contribution in [0.4, 0.5) is 11.4 Å². The number of carbonyl (C=O) groups is 1. The lowest BCUT2D eigenvalue weighted by Crippen LogP contribution is -2.36. The van der Waals surface area contributed by atoms with Crippen LogP contribution in [0.1, 0.15) is 0 Å². The number of benzene rings is 1. The van der Waals surface area contributed by atoms with Gasteiger partial charge in [-0.05, 0) is 24.3 Å². The molecule has 1 amide bonds. The quantitative estimate of drug-likeness (QED) is 0.725. The van der Waals surface area contributed by atoms with E-state index in [2.05, 4.69) is 20.3 Å². The van der Waals surface area contributed by atoms with Gasteiger partial charge < -0.3 is 15.0 Å². The largest absolute Gasteiger partial charge is 0.378 e. The summed E-state index contributed by atoms with van der Waals surface area (Å²) in [6.07, 6.45) is 2.83. The minimum Gasteiger partial charge on any atom is -0.378 e. The van der Waals surface area contributed by atoms with Gasteiger partial charge >= 0.3 is 0 Å². The second kappa shape index (κ2) is 7.20. The van der Waals surface area contributed by atoms with E-state index in [1.54, 1.807) is 7.05 Å². The van der Waals surface area contributed by atoms with Gasteiger partial charge in [-0.15, -0.1) is 0 Å². The van der Waals surface area contributed by atoms with Crippen LogP contribution in [-0.4, -0.2) is 51.5 Å². The fourth-order valence-corrected chi connectivity index (χ4v) is 3.11. The molecule has 1 fully saturated rings. The highest BCUT2D eigenvalue weighted by Crippen LogP contribution is 2.19. The molecule has 9 heteroatoms. The molecular weight excluding hydrogens is 348 g/mol. The van der Waals surface area contributed by atoms with Gasteiger partial charge in [-0.25, -0.2) is 4.98 Å². The van der Waals surface area contributed by atoms with E-state index in [4.69, 9.17) is 4.74 Å². The van der Waals surface area contributed by atoms with E-state index < -0.39 is 0 Å². The molecule has 0 spiro atoms. The number of hydrogen-bond acceptors (Lipinski definition) is 6. The molecule has 1 aliphatic heterocycles. The molecule has 140 valence electrons. The van der Waals surface area contributed by atoms with Crippen molar-refractivity contribution in [3.05, 3.63) is 47.1 Å². The Labute approximate surface area is 155 Å². The van der Waals surface area contributed by atoms with Gasteiger partial charge in [0.2, 0.25) is 5.91 Å². The summed E-state index contributed by atoms with van der Waals surface area (Å²) in [6, 6.07) is 7.65. The summed E-state index contributed by atoms with van der Waals surface area (Å²) >= 11 is 0. The van der Waals surface area contributed by atoms with Crippen molar-refractivity contribution in [2.75, 3.05) is 36.5 Å². The van der Waals surface area contributed by atoms with Crippen molar-refractivity contribution >= 4 is 28.3 Å². The first-order valence-corrected chi connectivity index (χ1v) is 8.71. The van der Waals surface area contributed by atoms with Crippen LogP contribution in [0.2, 0.25) is 0 Å². The normalized spacial score (nSPS) is 14.5. The summed E-state index contributed by atoms with van der Waals surface area (Å²) in [7, 11) is 1.71. The second-order valence-electron chi connectivity index (χ2n) is 6.38. The first-order valence-electron chi connectivity index (χ1n) is 8.71. The number of aromatic nitrogens is 4. The van der Waals surface area contributed by atoms with Crippen molar-refractivity contribution in [1.29, 1.82) is 0 Å². The standard InChI is InChI=1S/C18H20N6O3/c1-22-17-15(10-20-22)18(26)24(12-19-17)11-16(25)21-13-2-4-14(5-3-13)23-6-8-27-9-7-23/h2-5,10,12H,6-9,11H2,1H3,(H,21,25). The number of aryl methyl sites for hydroxylation is 1. The van der Waals surface area contributed by atoms with E-state index in [-0.39, 0.29) is 18.0 Å². The van der Waals surface area contributed by atoms with E-state index in [1.807, 2.05) is 24.3 Å². The molecule has 0 radical (unpaired) electrons. The Hall–Kier alpha value is -3.20. The van der Waals surface area contributed by atoms with E-state index in [9.17, 15) is 9.59 Å². The Kier molecular flexibility index (Phi) is 4.59. The number of amides is 1. The summed E-state index contributed by atoms with van der Waals surface area (Å²) in [6.45, 7) is 3.06. The fraction of sp³-hybridized carbons (Fsp3) is 0.333. The van der Waals surface area contributed by atoms with E-state index >= 15 is 0 Å². The van der Waals surface area contributed by atoms with Crippen LogP contribution >= 0.6 is 0 Å². The SMILES string of the molecule is Cn1ncc2c(=O)n(CC(=O)Nc3ccc(N4CCOCC4)cc3)cnc21. The molecule has 27 heavy (non-hydrogen) atoms. The second-order valence-corrected chi connectivity index (χ2v) is 6.38. The number of carbonyl (C=O) groups excluding carboxylic acids is 1. The third-order valence-corrected chi connectivity index (χ3v) is 4.56. The predicted molar refractivity (Wildman–Crippen MR) is 101 cm³/mol. The van der Waals surface area contributed by atoms with Crippen LogP contribution in [0.5, 0.6) is 0 Å². The highest BCUT2D eigenvalue weighted by Gasteiger charge is 2.13. The van der Waals surface area contributed by atoms with Crippen molar-refractivity contribution < 1.29 is 9.53 Å². The van der Waals surface area contributed by atoms with Gasteiger partial charge in [0.25, 0.3) is 5.56 Å². The van der Waals surface area contributed by atoms with Gasteiger partial charge in [0.15, 0.2) is 5.65 Å². The summed E-state index contributed by atoms with van der Waals surface area (Å²) in [4.78, 5) is 31.2. The van der Waals surface area contributed by atoms with Crippen LogP contribution in [0.25, 0.3) is 11.0 Å². The maximum absolute atomic E-state index is 12.4. The number of hydrogen-bond donors (Lipinski definition) is 1. The Balaban J connectivity index is 1.43. The zero-order chi connectivity index (χ0) is 18.8. The van der Waals surface area contributed by atoms with Gasteiger partial charge in [0.05, 0.1) is 19.4 Å². The van der Waals surface area contributed by atoms with Crippen molar-refractivity contribution in [1.82, 2.24) is 19.3 Å². The molecule has 2 aromatic heterocycles. The number of nitrogens with zero attached hydrogens (tertiary/aromatic N) is 5. The Bertz CT molecular complexity index is 1020. The zero-order valence-electron chi connectivity index (χ0n) is 15.0. The number of morpholine rings is 1. The molecule has 0 saturated carbocycles. The molecule has 9 nitrogen and oxygen atoms in total. The van der Waals surface area contributed by atoms with Crippen molar-refractivity contribution in [3.8, 4) is 0 Å². The number of nitrogens with one attached hydrogen (secondary N) is 1. The zero-order valence-corrected chi connectivity index (χ0v) is 15.0. The summed E-state index contributed by atoms with van der Waals surface area (Å²) in [5.41, 5.74) is 1.99. The first-order chi connectivity index (χ1) is 13.1. The lowest BCUT2D eigenvalue weighted by atomic mass is 10.2. The topological polar surface area (TPSA) is 94.3 Å². The van der Waals surface area contributed by atoms with Gasteiger partial charge in [-0.2, -0.15) is 5.10 Å². The van der Waals surface area contributed by atoms with Crippen molar-refractivity contribution in [2.24, 2.45) is 7.05 Å². The molecule has 1 aromatic carbocycles.